The second-order valence-corrected chi connectivity index (χ2v) is 4.84. The molecule has 98 valence electrons. The largest absolute Gasteiger partial charge is 0.355 e. The summed E-state index contributed by atoms with van der Waals surface area (Å²) < 4.78 is 0. The van der Waals surface area contributed by atoms with Gasteiger partial charge in [-0.05, 0) is 56.4 Å². The van der Waals surface area contributed by atoms with Gasteiger partial charge in [-0.1, -0.05) is 12.1 Å². The summed E-state index contributed by atoms with van der Waals surface area (Å²) in [6.45, 7) is 8.27. The monoisotopic (exact) mass is 247 g/mol. The molecule has 0 atom stereocenters. The molecule has 0 radical (unpaired) electrons. The highest BCUT2D eigenvalue weighted by Crippen LogP contribution is 2.15. The van der Waals surface area contributed by atoms with Gasteiger partial charge in [-0.15, -0.1) is 0 Å². The van der Waals surface area contributed by atoms with Crippen molar-refractivity contribution in [3.63, 3.8) is 0 Å². The molecule has 1 amide bonds. The average Bonchev–Trinajstić information content (AvgIpc) is 2.24. The molecule has 0 aliphatic rings. The Morgan fingerprint density at radius 3 is 2.28 bits per heavy atom. The Kier molecular flexibility index (Phi) is 5.08. The van der Waals surface area contributed by atoms with Crippen molar-refractivity contribution in [3.8, 4) is 0 Å². The molecule has 0 saturated heterocycles. The van der Waals surface area contributed by atoms with Crippen LogP contribution in [0.2, 0.25) is 0 Å². The van der Waals surface area contributed by atoms with Crippen LogP contribution in [0, 0.1) is 20.8 Å². The van der Waals surface area contributed by atoms with Gasteiger partial charge in [0, 0.05) is 6.54 Å². The summed E-state index contributed by atoms with van der Waals surface area (Å²) in [5.74, 6) is -0.293. The number of hydrogen-bond acceptors (Lipinski definition) is 2. The summed E-state index contributed by atoms with van der Waals surface area (Å²) in [4.78, 5) is 22.1. The molecule has 0 unspecified atom stereocenters. The highest BCUT2D eigenvalue weighted by Gasteiger charge is 2.05. The first-order valence-electron chi connectivity index (χ1n) is 6.23. The van der Waals surface area contributed by atoms with E-state index in [1.54, 1.807) is 0 Å². The van der Waals surface area contributed by atoms with E-state index in [2.05, 4.69) is 38.2 Å². The molecule has 3 nitrogen and oxygen atoms in total. The lowest BCUT2D eigenvalue weighted by atomic mass is 9.99. The molecule has 0 aliphatic carbocycles. The molecule has 1 aromatic carbocycles. The number of ketones is 1. The molecule has 3 heteroatoms. The lowest BCUT2D eigenvalue weighted by molar-refractivity contribution is -0.127. The van der Waals surface area contributed by atoms with Crippen LogP contribution in [0.15, 0.2) is 12.1 Å². The highest BCUT2D eigenvalue weighted by molar-refractivity contribution is 5.96. The second kappa shape index (κ2) is 6.34. The normalized spacial score (nSPS) is 10.2. The molecular formula is C15H21NO2. The minimum atomic E-state index is -0.191. The van der Waals surface area contributed by atoms with E-state index in [0.29, 0.717) is 6.54 Å². The van der Waals surface area contributed by atoms with E-state index in [9.17, 15) is 9.59 Å². The van der Waals surface area contributed by atoms with Crippen molar-refractivity contribution in [3.05, 3.63) is 34.4 Å². The van der Waals surface area contributed by atoms with Crippen molar-refractivity contribution in [2.24, 2.45) is 0 Å². The quantitative estimate of drug-likeness (QED) is 0.811. The fraction of sp³-hybridized carbons (Fsp3) is 0.467. The predicted octanol–water partition coefficient (Wildman–Crippen LogP) is 2.25. The van der Waals surface area contributed by atoms with Crippen LogP contribution in [-0.2, 0) is 16.0 Å². The molecule has 1 aromatic rings. The van der Waals surface area contributed by atoms with E-state index < -0.39 is 0 Å². The van der Waals surface area contributed by atoms with Crippen molar-refractivity contribution >= 4 is 11.7 Å². The highest BCUT2D eigenvalue weighted by atomic mass is 16.2. The zero-order valence-corrected chi connectivity index (χ0v) is 11.6. The van der Waals surface area contributed by atoms with Crippen LogP contribution in [-0.4, -0.2) is 18.2 Å². The van der Waals surface area contributed by atoms with E-state index in [4.69, 9.17) is 0 Å². The van der Waals surface area contributed by atoms with Gasteiger partial charge in [-0.25, -0.2) is 0 Å². The SMILES string of the molecule is CC(=O)CC(=O)NCCc1cc(C)c(C)cc1C. The number of carbonyl (C=O) groups is 2. The average molecular weight is 247 g/mol. The zero-order valence-electron chi connectivity index (χ0n) is 11.6. The van der Waals surface area contributed by atoms with Gasteiger partial charge in [-0.3, -0.25) is 9.59 Å². The predicted molar refractivity (Wildman–Crippen MR) is 72.7 cm³/mol. The summed E-state index contributed by atoms with van der Waals surface area (Å²) in [7, 11) is 0. The van der Waals surface area contributed by atoms with Gasteiger partial charge in [0.1, 0.15) is 5.78 Å². The van der Waals surface area contributed by atoms with Crippen molar-refractivity contribution < 1.29 is 9.59 Å². The Morgan fingerprint density at radius 2 is 1.67 bits per heavy atom. The van der Waals surface area contributed by atoms with Crippen LogP contribution in [0.4, 0.5) is 0 Å². The Bertz CT molecular complexity index is 464. The lowest BCUT2D eigenvalue weighted by Crippen LogP contribution is -2.27. The van der Waals surface area contributed by atoms with E-state index in [1.807, 2.05) is 0 Å². The third-order valence-electron chi connectivity index (χ3n) is 3.08. The third-order valence-corrected chi connectivity index (χ3v) is 3.08. The number of hydrogen-bond donors (Lipinski definition) is 1. The molecule has 0 aromatic heterocycles. The van der Waals surface area contributed by atoms with Crippen molar-refractivity contribution in [1.29, 1.82) is 0 Å². The maximum absolute atomic E-state index is 11.3. The number of amides is 1. The first kappa shape index (κ1) is 14.4. The van der Waals surface area contributed by atoms with Gasteiger partial charge in [0.25, 0.3) is 0 Å². The van der Waals surface area contributed by atoms with Gasteiger partial charge in [0.15, 0.2) is 0 Å². The molecule has 0 aliphatic heterocycles. The van der Waals surface area contributed by atoms with Crippen LogP contribution in [0.25, 0.3) is 0 Å². The van der Waals surface area contributed by atoms with Gasteiger partial charge < -0.3 is 5.32 Å². The molecule has 1 N–H and O–H groups in total. The molecule has 1 rings (SSSR count). The Balaban J connectivity index is 2.52. The van der Waals surface area contributed by atoms with Gasteiger partial charge in [0.2, 0.25) is 5.91 Å². The number of nitrogens with one attached hydrogen (secondary N) is 1. The number of benzene rings is 1. The first-order valence-corrected chi connectivity index (χ1v) is 6.23. The van der Waals surface area contributed by atoms with Crippen molar-refractivity contribution in [1.82, 2.24) is 5.32 Å². The molecular weight excluding hydrogens is 226 g/mol. The number of rotatable bonds is 5. The summed E-state index contributed by atoms with van der Waals surface area (Å²) in [5, 5.41) is 2.76. The summed E-state index contributed by atoms with van der Waals surface area (Å²) in [6, 6.07) is 4.34. The third kappa shape index (κ3) is 4.32. The van der Waals surface area contributed by atoms with Crippen LogP contribution < -0.4 is 5.32 Å². The molecule has 0 saturated carbocycles. The minimum Gasteiger partial charge on any atom is -0.355 e. The standard InChI is InChI=1S/C15H21NO2/c1-10-7-12(3)14(8-11(10)2)5-6-16-15(18)9-13(4)17/h7-8H,5-6,9H2,1-4H3,(H,16,18). The lowest BCUT2D eigenvalue weighted by Gasteiger charge is -2.10. The maximum Gasteiger partial charge on any atom is 0.227 e. The van der Waals surface area contributed by atoms with E-state index in [1.165, 1.54) is 29.2 Å². The summed E-state index contributed by atoms with van der Waals surface area (Å²) >= 11 is 0. The van der Waals surface area contributed by atoms with Gasteiger partial charge in [0.05, 0.1) is 6.42 Å². The fourth-order valence-electron chi connectivity index (χ4n) is 1.91. The number of carbonyl (C=O) groups excluding carboxylic acids is 2. The van der Waals surface area contributed by atoms with Crippen molar-refractivity contribution in [2.75, 3.05) is 6.54 Å². The molecule has 0 spiro atoms. The zero-order chi connectivity index (χ0) is 13.7. The topological polar surface area (TPSA) is 46.2 Å². The smallest absolute Gasteiger partial charge is 0.227 e. The van der Waals surface area contributed by atoms with Crippen LogP contribution >= 0.6 is 0 Å². The second-order valence-electron chi connectivity index (χ2n) is 4.84. The van der Waals surface area contributed by atoms with Crippen LogP contribution in [0.1, 0.15) is 35.6 Å². The molecule has 0 heterocycles. The number of aryl methyl sites for hydroxylation is 3. The Hall–Kier alpha value is -1.64. The van der Waals surface area contributed by atoms with E-state index >= 15 is 0 Å². The number of Topliss-reactive ketones (excluding diaryl/α,β-unsaturated/α-hetero) is 1. The maximum atomic E-state index is 11.3. The van der Waals surface area contributed by atoms with Gasteiger partial charge >= 0.3 is 0 Å². The summed E-state index contributed by atoms with van der Waals surface area (Å²) in [5.41, 5.74) is 5.06. The molecule has 0 fully saturated rings. The molecule has 0 bridgehead atoms. The minimum absolute atomic E-state index is 0.0219. The Morgan fingerprint density at radius 1 is 1.06 bits per heavy atom. The van der Waals surface area contributed by atoms with E-state index in [-0.39, 0.29) is 18.1 Å². The van der Waals surface area contributed by atoms with Crippen LogP contribution in [0.5, 0.6) is 0 Å². The molecule has 18 heavy (non-hydrogen) atoms. The fourth-order valence-corrected chi connectivity index (χ4v) is 1.91. The van der Waals surface area contributed by atoms with E-state index in [0.717, 1.165) is 6.42 Å². The van der Waals surface area contributed by atoms with Gasteiger partial charge in [-0.2, -0.15) is 0 Å². The van der Waals surface area contributed by atoms with Crippen molar-refractivity contribution in [2.45, 2.75) is 40.5 Å². The van der Waals surface area contributed by atoms with Crippen LogP contribution in [0.3, 0.4) is 0 Å². The Labute approximate surface area is 109 Å². The first-order chi connectivity index (χ1) is 8.40. The summed E-state index contributed by atoms with van der Waals surface area (Å²) in [6.07, 6.45) is 0.780.